The standard InChI is InChI=1S/C33H34N2O4S/c1-23-14-15-24(2)30(20-23)35(40(38,39)29-12-7-6-8-13-29)22-31(36)34-28-11-9-10-26(21-28)32(37)25-16-18-27(19-17-25)33(3,4)5/h6-21H,22H2,1-5H3,(H,34,36). The van der Waals surface area contributed by atoms with Gasteiger partial charge in [0.1, 0.15) is 6.54 Å². The lowest BCUT2D eigenvalue weighted by atomic mass is 9.86. The lowest BCUT2D eigenvalue weighted by molar-refractivity contribution is -0.114. The summed E-state index contributed by atoms with van der Waals surface area (Å²) in [5.74, 6) is -0.695. The SMILES string of the molecule is Cc1ccc(C)c(N(CC(=O)Nc2cccc(C(=O)c3ccc(C(C)(C)C)cc3)c2)S(=O)(=O)c2ccccc2)c1. The fourth-order valence-electron chi connectivity index (χ4n) is 4.36. The van der Waals surface area contributed by atoms with E-state index in [0.717, 1.165) is 21.0 Å². The fraction of sp³-hybridized carbons (Fsp3) is 0.212. The van der Waals surface area contributed by atoms with E-state index < -0.39 is 22.5 Å². The van der Waals surface area contributed by atoms with Crippen molar-refractivity contribution in [3.05, 3.63) is 125 Å². The Bertz CT molecular complexity index is 1640. The van der Waals surface area contributed by atoms with Gasteiger partial charge in [0.05, 0.1) is 10.6 Å². The third-order valence-corrected chi connectivity index (χ3v) is 8.45. The van der Waals surface area contributed by atoms with Gasteiger partial charge in [-0.15, -0.1) is 0 Å². The van der Waals surface area contributed by atoms with E-state index in [1.165, 1.54) is 12.1 Å². The van der Waals surface area contributed by atoms with Crippen molar-refractivity contribution in [2.24, 2.45) is 0 Å². The van der Waals surface area contributed by atoms with Crippen molar-refractivity contribution in [1.82, 2.24) is 0 Å². The van der Waals surface area contributed by atoms with Gasteiger partial charge in [0.25, 0.3) is 10.0 Å². The Morgan fingerprint density at radius 2 is 1.45 bits per heavy atom. The third kappa shape index (κ3) is 6.49. The molecule has 4 aromatic rings. The van der Waals surface area contributed by atoms with Crippen molar-refractivity contribution in [1.29, 1.82) is 0 Å². The van der Waals surface area contributed by atoms with E-state index in [2.05, 4.69) is 26.1 Å². The number of rotatable bonds is 8. The molecule has 7 heteroatoms. The summed E-state index contributed by atoms with van der Waals surface area (Å²) in [6.07, 6.45) is 0. The minimum atomic E-state index is -4.03. The zero-order valence-electron chi connectivity index (χ0n) is 23.4. The number of carbonyl (C=O) groups excluding carboxylic acids is 2. The van der Waals surface area contributed by atoms with Gasteiger partial charge < -0.3 is 5.32 Å². The average Bonchev–Trinajstić information content (AvgIpc) is 2.93. The molecule has 0 aliphatic rings. The van der Waals surface area contributed by atoms with Gasteiger partial charge in [0.2, 0.25) is 5.91 Å². The molecule has 0 bridgehead atoms. The minimum absolute atomic E-state index is 0.0232. The molecule has 0 saturated heterocycles. The summed E-state index contributed by atoms with van der Waals surface area (Å²) in [6, 6.07) is 27.7. The monoisotopic (exact) mass is 554 g/mol. The maximum atomic E-state index is 13.7. The summed E-state index contributed by atoms with van der Waals surface area (Å²) < 4.78 is 28.5. The molecule has 0 saturated carbocycles. The van der Waals surface area contributed by atoms with Gasteiger partial charge >= 0.3 is 0 Å². The maximum absolute atomic E-state index is 13.7. The van der Waals surface area contributed by atoms with Crippen LogP contribution in [0.25, 0.3) is 0 Å². The lowest BCUT2D eigenvalue weighted by Crippen LogP contribution is -2.38. The summed E-state index contributed by atoms with van der Waals surface area (Å²) in [4.78, 5) is 26.5. The lowest BCUT2D eigenvalue weighted by Gasteiger charge is -2.26. The number of amides is 1. The molecular formula is C33H34N2O4S. The number of ketones is 1. The van der Waals surface area contributed by atoms with Gasteiger partial charge in [0, 0.05) is 16.8 Å². The second-order valence-electron chi connectivity index (χ2n) is 10.9. The molecule has 0 unspecified atom stereocenters. The number of hydrogen-bond donors (Lipinski definition) is 1. The van der Waals surface area contributed by atoms with Crippen molar-refractivity contribution < 1.29 is 18.0 Å². The van der Waals surface area contributed by atoms with E-state index in [0.29, 0.717) is 22.5 Å². The first-order valence-electron chi connectivity index (χ1n) is 13.1. The smallest absolute Gasteiger partial charge is 0.264 e. The molecule has 6 nitrogen and oxygen atoms in total. The molecule has 1 amide bonds. The first-order chi connectivity index (χ1) is 18.9. The molecule has 0 aromatic heterocycles. The number of hydrogen-bond acceptors (Lipinski definition) is 4. The van der Waals surface area contributed by atoms with Gasteiger partial charge in [0.15, 0.2) is 5.78 Å². The van der Waals surface area contributed by atoms with Crippen molar-refractivity contribution in [3.63, 3.8) is 0 Å². The van der Waals surface area contributed by atoms with Crippen LogP contribution >= 0.6 is 0 Å². The quantitative estimate of drug-likeness (QED) is 0.247. The summed E-state index contributed by atoms with van der Waals surface area (Å²) in [7, 11) is -4.03. The second-order valence-corrected chi connectivity index (χ2v) is 12.8. The topological polar surface area (TPSA) is 83.6 Å². The number of nitrogens with zero attached hydrogens (tertiary/aromatic N) is 1. The molecular weight excluding hydrogens is 520 g/mol. The zero-order valence-corrected chi connectivity index (χ0v) is 24.2. The van der Waals surface area contributed by atoms with Gasteiger partial charge in [-0.1, -0.05) is 87.5 Å². The Morgan fingerprint density at radius 3 is 2.10 bits per heavy atom. The third-order valence-electron chi connectivity index (χ3n) is 6.67. The van der Waals surface area contributed by atoms with Crippen molar-refractivity contribution >= 4 is 33.1 Å². The first kappa shape index (κ1) is 28.8. The molecule has 206 valence electrons. The van der Waals surface area contributed by atoms with E-state index in [9.17, 15) is 18.0 Å². The molecule has 0 radical (unpaired) electrons. The van der Waals surface area contributed by atoms with Gasteiger partial charge in [-0.3, -0.25) is 13.9 Å². The van der Waals surface area contributed by atoms with Crippen LogP contribution in [0.5, 0.6) is 0 Å². The van der Waals surface area contributed by atoms with E-state index >= 15 is 0 Å². The van der Waals surface area contributed by atoms with E-state index in [-0.39, 0.29) is 16.1 Å². The number of sulfonamides is 1. The molecule has 0 aliphatic heterocycles. The van der Waals surface area contributed by atoms with Gasteiger partial charge in [-0.05, 0) is 66.3 Å². The Kier molecular flexibility index (Phi) is 8.26. The van der Waals surface area contributed by atoms with Crippen LogP contribution in [-0.2, 0) is 20.2 Å². The number of aryl methyl sites for hydroxylation is 2. The predicted octanol–water partition coefficient (Wildman–Crippen LogP) is 6.67. The highest BCUT2D eigenvalue weighted by Crippen LogP contribution is 2.28. The van der Waals surface area contributed by atoms with E-state index in [4.69, 9.17) is 0 Å². The molecule has 0 heterocycles. The largest absolute Gasteiger partial charge is 0.324 e. The minimum Gasteiger partial charge on any atom is -0.324 e. The highest BCUT2D eigenvalue weighted by molar-refractivity contribution is 7.92. The second kappa shape index (κ2) is 11.5. The summed E-state index contributed by atoms with van der Waals surface area (Å²) in [5.41, 5.74) is 4.51. The molecule has 40 heavy (non-hydrogen) atoms. The van der Waals surface area contributed by atoms with Crippen molar-refractivity contribution in [3.8, 4) is 0 Å². The maximum Gasteiger partial charge on any atom is 0.264 e. The Morgan fingerprint density at radius 1 is 0.775 bits per heavy atom. The highest BCUT2D eigenvalue weighted by Gasteiger charge is 2.28. The van der Waals surface area contributed by atoms with Gasteiger partial charge in [-0.25, -0.2) is 8.42 Å². The van der Waals surface area contributed by atoms with Crippen LogP contribution in [-0.4, -0.2) is 26.7 Å². The first-order valence-corrected chi connectivity index (χ1v) is 14.5. The van der Waals surface area contributed by atoms with Crippen LogP contribution in [0.3, 0.4) is 0 Å². The summed E-state index contributed by atoms with van der Waals surface area (Å²) in [6.45, 7) is 9.58. The Balaban J connectivity index is 1.59. The number of nitrogens with one attached hydrogen (secondary N) is 1. The molecule has 4 rings (SSSR count). The van der Waals surface area contributed by atoms with Crippen LogP contribution in [0.15, 0.2) is 102 Å². The van der Waals surface area contributed by atoms with E-state index in [1.807, 2.05) is 50.2 Å². The van der Waals surface area contributed by atoms with Crippen LogP contribution in [0, 0.1) is 13.8 Å². The summed E-state index contributed by atoms with van der Waals surface area (Å²) >= 11 is 0. The van der Waals surface area contributed by atoms with Crippen LogP contribution < -0.4 is 9.62 Å². The van der Waals surface area contributed by atoms with Crippen LogP contribution in [0.1, 0.15) is 53.4 Å². The molecule has 0 aliphatic carbocycles. The molecule has 0 spiro atoms. The molecule has 1 N–H and O–H groups in total. The molecule has 0 fully saturated rings. The summed E-state index contributed by atoms with van der Waals surface area (Å²) in [5, 5.41) is 2.78. The van der Waals surface area contributed by atoms with Crippen LogP contribution in [0.4, 0.5) is 11.4 Å². The normalized spacial score (nSPS) is 11.6. The number of carbonyl (C=O) groups is 2. The van der Waals surface area contributed by atoms with E-state index in [1.54, 1.807) is 48.5 Å². The molecule has 4 aromatic carbocycles. The van der Waals surface area contributed by atoms with Crippen molar-refractivity contribution in [2.75, 3.05) is 16.2 Å². The van der Waals surface area contributed by atoms with Gasteiger partial charge in [-0.2, -0.15) is 0 Å². The number of benzene rings is 4. The zero-order chi connectivity index (χ0) is 29.1. The van der Waals surface area contributed by atoms with Crippen LogP contribution in [0.2, 0.25) is 0 Å². The Hall–Kier alpha value is -4.23. The average molecular weight is 555 g/mol. The highest BCUT2D eigenvalue weighted by atomic mass is 32.2. The molecule has 0 atom stereocenters. The number of anilines is 2. The van der Waals surface area contributed by atoms with Crippen molar-refractivity contribution in [2.45, 2.75) is 44.9 Å². The predicted molar refractivity (Wildman–Crippen MR) is 161 cm³/mol. The Labute approximate surface area is 236 Å². The fourth-order valence-corrected chi connectivity index (χ4v) is 5.86.